The van der Waals surface area contributed by atoms with E-state index in [0.717, 1.165) is 16.3 Å². The highest BCUT2D eigenvalue weighted by molar-refractivity contribution is 7.99. The van der Waals surface area contributed by atoms with Crippen LogP contribution in [-0.4, -0.2) is 28.4 Å². The Morgan fingerprint density at radius 1 is 1.33 bits per heavy atom. The molecule has 1 aromatic heterocycles. The van der Waals surface area contributed by atoms with E-state index in [9.17, 15) is 9.90 Å². The Morgan fingerprint density at radius 2 is 2.10 bits per heavy atom. The number of benzene rings is 1. The summed E-state index contributed by atoms with van der Waals surface area (Å²) in [5, 5.41) is 13.1. The summed E-state index contributed by atoms with van der Waals surface area (Å²) in [6.07, 6.45) is 1.63. The fourth-order valence-corrected chi connectivity index (χ4v) is 2.58. The Kier molecular flexibility index (Phi) is 5.78. The molecule has 0 aliphatic carbocycles. The zero-order chi connectivity index (χ0) is 15.1. The molecular formula is C16H18N2O2S. The molecule has 1 heterocycles. The number of rotatable bonds is 6. The van der Waals surface area contributed by atoms with Gasteiger partial charge in [0.1, 0.15) is 0 Å². The summed E-state index contributed by atoms with van der Waals surface area (Å²) in [5.74, 6) is 0.694. The highest BCUT2D eigenvalue weighted by atomic mass is 32.2. The van der Waals surface area contributed by atoms with Gasteiger partial charge in [-0.2, -0.15) is 0 Å². The third-order valence-corrected chi connectivity index (χ3v) is 3.79. The number of hydrogen-bond acceptors (Lipinski definition) is 4. The molecule has 0 saturated heterocycles. The van der Waals surface area contributed by atoms with Crippen molar-refractivity contribution in [3.8, 4) is 0 Å². The van der Waals surface area contributed by atoms with Crippen molar-refractivity contribution >= 4 is 17.7 Å². The first kappa shape index (κ1) is 15.5. The molecule has 4 nitrogen and oxygen atoms in total. The maximum atomic E-state index is 12.3. The predicted octanol–water partition coefficient (Wildman–Crippen LogP) is 2.66. The molecule has 110 valence electrons. The van der Waals surface area contributed by atoms with Crippen LogP contribution in [-0.2, 0) is 0 Å². The van der Waals surface area contributed by atoms with E-state index in [0.29, 0.717) is 5.56 Å². The molecule has 2 N–H and O–H groups in total. The summed E-state index contributed by atoms with van der Waals surface area (Å²) in [4.78, 5) is 16.5. The maximum Gasteiger partial charge on any atom is 0.251 e. The van der Waals surface area contributed by atoms with E-state index in [1.165, 1.54) is 0 Å². The molecule has 0 fully saturated rings. The first-order chi connectivity index (χ1) is 10.2. The van der Waals surface area contributed by atoms with E-state index < -0.39 is 6.04 Å². The smallest absolute Gasteiger partial charge is 0.251 e. The van der Waals surface area contributed by atoms with Crippen molar-refractivity contribution in [2.45, 2.75) is 18.0 Å². The molecule has 21 heavy (non-hydrogen) atoms. The largest absolute Gasteiger partial charge is 0.394 e. The minimum absolute atomic E-state index is 0.141. The molecule has 1 unspecified atom stereocenters. The molecule has 0 saturated carbocycles. The van der Waals surface area contributed by atoms with Gasteiger partial charge in [0.15, 0.2) is 0 Å². The van der Waals surface area contributed by atoms with Crippen LogP contribution in [0.3, 0.4) is 0 Å². The zero-order valence-electron chi connectivity index (χ0n) is 11.8. The quantitative estimate of drug-likeness (QED) is 0.805. The lowest BCUT2D eigenvalue weighted by atomic mass is 10.1. The van der Waals surface area contributed by atoms with Crippen molar-refractivity contribution in [3.05, 3.63) is 59.8 Å². The van der Waals surface area contributed by atoms with Crippen LogP contribution in [0, 0.1) is 0 Å². The van der Waals surface area contributed by atoms with Crippen molar-refractivity contribution < 1.29 is 9.90 Å². The lowest BCUT2D eigenvalue weighted by molar-refractivity contribution is 0.0916. The predicted molar refractivity (Wildman–Crippen MR) is 84.4 cm³/mol. The molecule has 1 atom stereocenters. The summed E-state index contributed by atoms with van der Waals surface area (Å²) < 4.78 is 0. The maximum absolute atomic E-state index is 12.3. The van der Waals surface area contributed by atoms with Crippen LogP contribution < -0.4 is 5.32 Å². The second-order valence-corrected chi connectivity index (χ2v) is 5.72. The average Bonchev–Trinajstić information content (AvgIpc) is 2.54. The average molecular weight is 302 g/mol. The van der Waals surface area contributed by atoms with E-state index in [-0.39, 0.29) is 12.5 Å². The van der Waals surface area contributed by atoms with Crippen LogP contribution in [0.5, 0.6) is 0 Å². The van der Waals surface area contributed by atoms with Gasteiger partial charge in [-0.25, -0.2) is 4.98 Å². The molecule has 5 heteroatoms. The Labute approximate surface area is 128 Å². The number of aliphatic hydroxyl groups excluding tert-OH is 1. The number of thioether (sulfide) groups is 1. The number of aliphatic hydroxyl groups is 1. The van der Waals surface area contributed by atoms with Crippen LogP contribution in [0.15, 0.2) is 53.7 Å². The summed E-state index contributed by atoms with van der Waals surface area (Å²) in [6.45, 7) is 1.90. The minimum atomic E-state index is -0.408. The van der Waals surface area contributed by atoms with Gasteiger partial charge in [0, 0.05) is 11.8 Å². The fraction of sp³-hybridized carbons (Fsp3) is 0.250. The van der Waals surface area contributed by atoms with Crippen LogP contribution in [0.25, 0.3) is 0 Å². The number of nitrogens with one attached hydrogen (secondary N) is 1. The normalized spacial score (nSPS) is 11.9. The van der Waals surface area contributed by atoms with Gasteiger partial charge in [-0.3, -0.25) is 4.79 Å². The molecule has 0 radical (unpaired) electrons. The summed E-state index contributed by atoms with van der Waals surface area (Å²) in [7, 11) is 0. The van der Waals surface area contributed by atoms with Crippen molar-refractivity contribution in [2.24, 2.45) is 0 Å². The molecular weight excluding hydrogens is 284 g/mol. The Hall–Kier alpha value is -1.85. The Morgan fingerprint density at radius 3 is 2.76 bits per heavy atom. The molecule has 0 bridgehead atoms. The lowest BCUT2D eigenvalue weighted by Crippen LogP contribution is -2.30. The lowest BCUT2D eigenvalue weighted by Gasteiger charge is -2.16. The minimum Gasteiger partial charge on any atom is -0.394 e. The van der Waals surface area contributed by atoms with E-state index in [2.05, 4.69) is 10.3 Å². The van der Waals surface area contributed by atoms with Crippen molar-refractivity contribution in [1.82, 2.24) is 10.3 Å². The van der Waals surface area contributed by atoms with Crippen LogP contribution in [0.4, 0.5) is 0 Å². The molecule has 1 aromatic carbocycles. The number of carbonyl (C=O) groups is 1. The van der Waals surface area contributed by atoms with Gasteiger partial charge in [-0.05, 0) is 23.4 Å². The Bertz CT molecular complexity index is 590. The molecule has 2 rings (SSSR count). The standard InChI is InChI=1S/C16H18N2O2S/c1-2-21-15-10-13(8-9-17-15)16(20)18-14(11-19)12-6-4-3-5-7-12/h3-10,14,19H,2,11H2,1H3,(H,18,20). The number of carbonyl (C=O) groups excluding carboxylic acids is 1. The number of nitrogens with zero attached hydrogens (tertiary/aromatic N) is 1. The highest BCUT2D eigenvalue weighted by Crippen LogP contribution is 2.17. The first-order valence-corrected chi connectivity index (χ1v) is 7.78. The number of pyridine rings is 1. The molecule has 0 aliphatic heterocycles. The second-order valence-electron chi connectivity index (χ2n) is 4.44. The van der Waals surface area contributed by atoms with Crippen molar-refractivity contribution in [2.75, 3.05) is 12.4 Å². The highest BCUT2D eigenvalue weighted by Gasteiger charge is 2.15. The topological polar surface area (TPSA) is 62.2 Å². The molecule has 1 amide bonds. The van der Waals surface area contributed by atoms with E-state index >= 15 is 0 Å². The third-order valence-electron chi connectivity index (χ3n) is 2.98. The van der Waals surface area contributed by atoms with Crippen LogP contribution in [0.1, 0.15) is 28.9 Å². The molecule has 2 aromatic rings. The van der Waals surface area contributed by atoms with Gasteiger partial charge in [0.25, 0.3) is 5.91 Å². The molecule has 0 aliphatic rings. The van der Waals surface area contributed by atoms with Gasteiger partial charge in [-0.1, -0.05) is 37.3 Å². The SMILES string of the molecule is CCSc1cc(C(=O)NC(CO)c2ccccc2)ccn1. The number of hydrogen-bond donors (Lipinski definition) is 2. The summed E-state index contributed by atoms with van der Waals surface area (Å²) in [5.41, 5.74) is 1.43. The monoisotopic (exact) mass is 302 g/mol. The number of amides is 1. The second kappa shape index (κ2) is 7.81. The fourth-order valence-electron chi connectivity index (χ4n) is 1.94. The van der Waals surface area contributed by atoms with Gasteiger partial charge < -0.3 is 10.4 Å². The molecule has 0 spiro atoms. The van der Waals surface area contributed by atoms with E-state index in [1.807, 2.05) is 37.3 Å². The van der Waals surface area contributed by atoms with Gasteiger partial charge in [0.2, 0.25) is 0 Å². The van der Waals surface area contributed by atoms with Gasteiger partial charge in [0.05, 0.1) is 17.7 Å². The first-order valence-electron chi connectivity index (χ1n) is 6.80. The van der Waals surface area contributed by atoms with Crippen LogP contribution in [0.2, 0.25) is 0 Å². The Balaban J connectivity index is 2.11. The van der Waals surface area contributed by atoms with Crippen molar-refractivity contribution in [3.63, 3.8) is 0 Å². The third kappa shape index (κ3) is 4.31. The summed E-state index contributed by atoms with van der Waals surface area (Å²) >= 11 is 1.59. The van der Waals surface area contributed by atoms with Gasteiger partial charge >= 0.3 is 0 Å². The van der Waals surface area contributed by atoms with E-state index in [4.69, 9.17) is 0 Å². The number of aromatic nitrogens is 1. The van der Waals surface area contributed by atoms with Gasteiger partial charge in [-0.15, -0.1) is 11.8 Å². The van der Waals surface area contributed by atoms with Crippen molar-refractivity contribution in [1.29, 1.82) is 0 Å². The summed E-state index contributed by atoms with van der Waals surface area (Å²) in [6, 6.07) is 12.5. The zero-order valence-corrected chi connectivity index (χ0v) is 12.6. The van der Waals surface area contributed by atoms with Crippen LogP contribution >= 0.6 is 11.8 Å². The van der Waals surface area contributed by atoms with E-state index in [1.54, 1.807) is 30.1 Å².